The van der Waals surface area contributed by atoms with Crippen molar-refractivity contribution in [1.29, 1.82) is 0 Å². The molecule has 1 unspecified atom stereocenters. The molecule has 0 spiro atoms. The maximum absolute atomic E-state index is 10.8. The predicted octanol–water partition coefficient (Wildman–Crippen LogP) is 7.01. The molecule has 0 saturated carbocycles. The maximum Gasteiger partial charge on any atom is 0.332 e. The van der Waals surface area contributed by atoms with Crippen molar-refractivity contribution < 1.29 is 14.6 Å². The first-order chi connectivity index (χ1) is 13.2. The molecule has 3 heteroatoms. The minimum atomic E-state index is -0.863. The predicted molar refractivity (Wildman–Crippen MR) is 116 cm³/mol. The van der Waals surface area contributed by atoms with Gasteiger partial charge in [0.2, 0.25) is 0 Å². The van der Waals surface area contributed by atoms with Gasteiger partial charge in [0.25, 0.3) is 0 Å². The first-order valence-electron chi connectivity index (χ1n) is 10.7. The van der Waals surface area contributed by atoms with Crippen molar-refractivity contribution in [3.05, 3.63) is 48.6 Å². The Morgan fingerprint density at radius 2 is 1.26 bits per heavy atom. The van der Waals surface area contributed by atoms with Gasteiger partial charge in [-0.3, -0.25) is 0 Å². The number of hydrogen-bond acceptors (Lipinski definition) is 2. The summed E-state index contributed by atoms with van der Waals surface area (Å²) in [5, 5.41) is 8.87. The Labute approximate surface area is 166 Å². The van der Waals surface area contributed by atoms with Crippen molar-refractivity contribution in [2.75, 3.05) is 6.61 Å². The summed E-state index contributed by atoms with van der Waals surface area (Å²) in [6, 6.07) is 0. The fraction of sp³-hybridized carbons (Fsp3) is 0.625. The van der Waals surface area contributed by atoms with E-state index in [0.29, 0.717) is 13.0 Å². The van der Waals surface area contributed by atoms with Crippen LogP contribution in [0.15, 0.2) is 48.6 Å². The summed E-state index contributed by atoms with van der Waals surface area (Å²) in [6.07, 6.45) is 28.8. The number of aliphatic carboxylic acids is 1. The van der Waals surface area contributed by atoms with Crippen LogP contribution in [0.1, 0.15) is 84.5 Å². The maximum atomic E-state index is 10.8. The fourth-order valence-corrected chi connectivity index (χ4v) is 2.51. The number of unbranched alkanes of at least 4 members (excludes halogenated alkanes) is 5. The highest BCUT2D eigenvalue weighted by Gasteiger charge is 2.14. The molecule has 0 radical (unpaired) electrons. The Morgan fingerprint density at radius 1 is 0.778 bits per heavy atom. The second kappa shape index (κ2) is 20.7. The molecule has 0 aromatic carbocycles. The fourth-order valence-electron chi connectivity index (χ4n) is 2.51. The summed E-state index contributed by atoms with van der Waals surface area (Å²) in [4.78, 5) is 10.8. The van der Waals surface area contributed by atoms with Gasteiger partial charge in [0.15, 0.2) is 6.10 Å². The molecule has 0 rings (SSSR count). The Hall–Kier alpha value is -1.61. The standard InChI is InChI=1S/C24H40O3/c1-3-5-6-7-8-9-10-11-12-13-14-15-16-17-18-19-20-21-22-27-23(4-2)24(25)26/h8-9,11-12,14-15,17-18,23H,3-7,10,13,16,19-22H2,1-2H3,(H,25,26)/b9-8-,12-11-,15-14-,18-17-. The molecule has 1 atom stereocenters. The zero-order chi connectivity index (χ0) is 20.0. The Balaban J connectivity index is 3.47. The van der Waals surface area contributed by atoms with Gasteiger partial charge in [-0.05, 0) is 57.8 Å². The second-order valence-corrected chi connectivity index (χ2v) is 6.69. The molecule has 0 fully saturated rings. The van der Waals surface area contributed by atoms with Crippen LogP contribution in [-0.4, -0.2) is 23.8 Å². The van der Waals surface area contributed by atoms with E-state index in [4.69, 9.17) is 9.84 Å². The Kier molecular flexibility index (Phi) is 19.5. The lowest BCUT2D eigenvalue weighted by Gasteiger charge is -2.10. The van der Waals surface area contributed by atoms with Gasteiger partial charge in [-0.25, -0.2) is 4.79 Å². The van der Waals surface area contributed by atoms with Gasteiger partial charge in [0.1, 0.15) is 0 Å². The van der Waals surface area contributed by atoms with E-state index in [1.165, 1.54) is 25.7 Å². The lowest BCUT2D eigenvalue weighted by atomic mass is 10.2. The summed E-state index contributed by atoms with van der Waals surface area (Å²) < 4.78 is 5.34. The molecule has 0 bridgehead atoms. The molecule has 0 aromatic heterocycles. The smallest absolute Gasteiger partial charge is 0.332 e. The molecule has 3 nitrogen and oxygen atoms in total. The van der Waals surface area contributed by atoms with E-state index in [1.807, 2.05) is 6.92 Å². The number of carboxylic acids is 1. The van der Waals surface area contributed by atoms with Crippen molar-refractivity contribution in [2.45, 2.75) is 90.6 Å². The summed E-state index contributed by atoms with van der Waals surface area (Å²) in [7, 11) is 0. The normalized spacial score (nSPS) is 13.6. The van der Waals surface area contributed by atoms with Gasteiger partial charge in [0.05, 0.1) is 0 Å². The van der Waals surface area contributed by atoms with Crippen LogP contribution in [0.3, 0.4) is 0 Å². The van der Waals surface area contributed by atoms with E-state index < -0.39 is 12.1 Å². The first-order valence-corrected chi connectivity index (χ1v) is 10.7. The van der Waals surface area contributed by atoms with Gasteiger partial charge in [-0.1, -0.05) is 75.3 Å². The zero-order valence-electron chi connectivity index (χ0n) is 17.4. The summed E-state index contributed by atoms with van der Waals surface area (Å²) >= 11 is 0. The quantitative estimate of drug-likeness (QED) is 0.207. The molecule has 0 amide bonds. The average Bonchev–Trinajstić information content (AvgIpc) is 2.66. The number of ether oxygens (including phenoxy) is 1. The zero-order valence-corrected chi connectivity index (χ0v) is 17.4. The molecule has 0 heterocycles. The van der Waals surface area contributed by atoms with Gasteiger partial charge in [-0.15, -0.1) is 0 Å². The molecule has 0 aliphatic carbocycles. The topological polar surface area (TPSA) is 46.5 Å². The highest BCUT2D eigenvalue weighted by atomic mass is 16.5. The van der Waals surface area contributed by atoms with Crippen LogP contribution < -0.4 is 0 Å². The third-order valence-electron chi connectivity index (χ3n) is 4.19. The molecule has 0 aliphatic rings. The lowest BCUT2D eigenvalue weighted by Crippen LogP contribution is -2.23. The second-order valence-electron chi connectivity index (χ2n) is 6.69. The summed E-state index contributed by atoms with van der Waals surface area (Å²) in [5.74, 6) is -0.863. The number of carboxylic acid groups (broad SMARTS) is 1. The van der Waals surface area contributed by atoms with Crippen LogP contribution in [0.5, 0.6) is 0 Å². The number of carbonyl (C=O) groups is 1. The molecule has 154 valence electrons. The van der Waals surface area contributed by atoms with Crippen molar-refractivity contribution in [3.8, 4) is 0 Å². The average molecular weight is 377 g/mol. The number of allylic oxidation sites excluding steroid dienone is 8. The van der Waals surface area contributed by atoms with Crippen molar-refractivity contribution >= 4 is 5.97 Å². The van der Waals surface area contributed by atoms with E-state index in [-0.39, 0.29) is 0 Å². The molecular weight excluding hydrogens is 336 g/mol. The molecule has 27 heavy (non-hydrogen) atoms. The molecule has 1 N–H and O–H groups in total. The molecule has 0 saturated heterocycles. The van der Waals surface area contributed by atoms with Gasteiger partial charge >= 0.3 is 5.97 Å². The molecular formula is C24H40O3. The highest BCUT2D eigenvalue weighted by molar-refractivity contribution is 5.72. The lowest BCUT2D eigenvalue weighted by molar-refractivity contribution is -0.150. The van der Waals surface area contributed by atoms with Crippen LogP contribution >= 0.6 is 0 Å². The summed E-state index contributed by atoms with van der Waals surface area (Å²) in [5.41, 5.74) is 0. The third kappa shape index (κ3) is 19.0. The SMILES string of the molecule is CCCCC/C=C\C/C=C\C/C=C\C/C=C\CCCCOC(CC)C(=O)O. The van der Waals surface area contributed by atoms with Crippen LogP contribution in [0.25, 0.3) is 0 Å². The third-order valence-corrected chi connectivity index (χ3v) is 4.19. The Morgan fingerprint density at radius 3 is 1.70 bits per heavy atom. The monoisotopic (exact) mass is 376 g/mol. The van der Waals surface area contributed by atoms with Gasteiger partial charge in [-0.2, -0.15) is 0 Å². The highest BCUT2D eigenvalue weighted by Crippen LogP contribution is 2.04. The van der Waals surface area contributed by atoms with Crippen LogP contribution in [0.4, 0.5) is 0 Å². The Bertz CT molecular complexity index is 447. The number of rotatable bonds is 18. The van der Waals surface area contributed by atoms with Gasteiger partial charge < -0.3 is 9.84 Å². The van der Waals surface area contributed by atoms with Crippen molar-refractivity contribution in [3.63, 3.8) is 0 Å². The van der Waals surface area contributed by atoms with E-state index in [1.54, 1.807) is 0 Å². The summed E-state index contributed by atoms with van der Waals surface area (Å²) in [6.45, 7) is 4.59. The molecule has 0 aromatic rings. The van der Waals surface area contributed by atoms with E-state index >= 15 is 0 Å². The minimum absolute atomic E-state index is 0.520. The number of hydrogen-bond donors (Lipinski definition) is 1. The van der Waals surface area contributed by atoms with Crippen molar-refractivity contribution in [1.82, 2.24) is 0 Å². The van der Waals surface area contributed by atoms with E-state index in [2.05, 4.69) is 55.5 Å². The van der Waals surface area contributed by atoms with Crippen LogP contribution in [-0.2, 0) is 9.53 Å². The largest absolute Gasteiger partial charge is 0.479 e. The molecule has 0 aliphatic heterocycles. The van der Waals surface area contributed by atoms with Crippen LogP contribution in [0, 0.1) is 0 Å². The van der Waals surface area contributed by atoms with E-state index in [0.717, 1.165) is 38.5 Å². The van der Waals surface area contributed by atoms with Crippen LogP contribution in [0.2, 0.25) is 0 Å². The van der Waals surface area contributed by atoms with E-state index in [9.17, 15) is 4.79 Å². The first kappa shape index (κ1) is 25.4. The minimum Gasteiger partial charge on any atom is -0.479 e. The van der Waals surface area contributed by atoms with Gasteiger partial charge in [0, 0.05) is 6.61 Å². The van der Waals surface area contributed by atoms with Crippen molar-refractivity contribution in [2.24, 2.45) is 0 Å².